The van der Waals surface area contributed by atoms with E-state index >= 15 is 0 Å². The lowest BCUT2D eigenvalue weighted by Crippen LogP contribution is -2.14. The van der Waals surface area contributed by atoms with Gasteiger partial charge in [-0.25, -0.2) is 4.39 Å². The Hall–Kier alpha value is -1.63. The van der Waals surface area contributed by atoms with Gasteiger partial charge in [-0.2, -0.15) is 13.2 Å². The highest BCUT2D eigenvalue weighted by atomic mass is 19.4. The summed E-state index contributed by atoms with van der Waals surface area (Å²) in [4.78, 5) is 10.3. The Kier molecular flexibility index (Phi) is 3.72. The lowest BCUT2D eigenvalue weighted by atomic mass is 9.99. The van der Waals surface area contributed by atoms with E-state index in [2.05, 4.69) is 0 Å². The second-order valence-corrected chi connectivity index (χ2v) is 3.34. The van der Waals surface area contributed by atoms with E-state index in [1.165, 1.54) is 0 Å². The van der Waals surface area contributed by atoms with Crippen molar-refractivity contribution in [1.82, 2.24) is 0 Å². The van der Waals surface area contributed by atoms with Crippen molar-refractivity contribution in [2.75, 3.05) is 0 Å². The van der Waals surface area contributed by atoms with Gasteiger partial charge in [0.1, 0.15) is 5.82 Å². The predicted molar refractivity (Wildman–Crippen MR) is 48.6 cm³/mol. The van der Waals surface area contributed by atoms with Gasteiger partial charge in [0.15, 0.2) is 0 Å². The number of carboxylic acid groups (broad SMARTS) is 1. The van der Waals surface area contributed by atoms with Crippen molar-refractivity contribution in [3.63, 3.8) is 0 Å². The zero-order chi connectivity index (χ0) is 13.2. The fourth-order valence-corrected chi connectivity index (χ4v) is 1.34. The van der Waals surface area contributed by atoms with Gasteiger partial charge in [0, 0.05) is 0 Å². The summed E-state index contributed by atoms with van der Waals surface area (Å²) >= 11 is 0. The molecule has 0 unspecified atom stereocenters. The predicted octanol–water partition coefficient (Wildman–Crippen LogP) is 2.35. The summed E-state index contributed by atoms with van der Waals surface area (Å²) < 4.78 is 50.2. The molecule has 0 aliphatic heterocycles. The van der Waals surface area contributed by atoms with Gasteiger partial charge in [-0.3, -0.25) is 4.79 Å². The highest BCUT2D eigenvalue weighted by Crippen LogP contribution is 2.35. The van der Waals surface area contributed by atoms with Crippen LogP contribution in [0.1, 0.15) is 23.7 Å². The lowest BCUT2D eigenvalue weighted by Gasteiger charge is -2.16. The number of carbonyl (C=O) groups is 1. The molecule has 7 heteroatoms. The molecular formula is C10H8F4O3. The van der Waals surface area contributed by atoms with Crippen LogP contribution in [0.25, 0.3) is 0 Å². The summed E-state index contributed by atoms with van der Waals surface area (Å²) in [5.41, 5.74) is -2.02. The fraction of sp³-hybridized carbons (Fsp3) is 0.300. The Morgan fingerprint density at radius 1 is 1.35 bits per heavy atom. The maximum atomic E-state index is 12.7. The van der Waals surface area contributed by atoms with Crippen LogP contribution in [0.2, 0.25) is 0 Å². The van der Waals surface area contributed by atoms with Gasteiger partial charge in [-0.05, 0) is 17.7 Å². The molecule has 94 valence electrons. The average Bonchev–Trinajstić information content (AvgIpc) is 2.14. The first-order valence-electron chi connectivity index (χ1n) is 4.48. The second-order valence-electron chi connectivity index (χ2n) is 3.34. The highest BCUT2D eigenvalue weighted by molar-refractivity contribution is 5.67. The number of aliphatic carboxylic acids is 1. The molecule has 1 atom stereocenters. The van der Waals surface area contributed by atoms with Gasteiger partial charge in [0.25, 0.3) is 0 Å². The van der Waals surface area contributed by atoms with Gasteiger partial charge in [0.2, 0.25) is 0 Å². The zero-order valence-corrected chi connectivity index (χ0v) is 8.33. The summed E-state index contributed by atoms with van der Waals surface area (Å²) in [7, 11) is 0. The molecule has 17 heavy (non-hydrogen) atoms. The monoisotopic (exact) mass is 252 g/mol. The minimum absolute atomic E-state index is 0.223. The average molecular weight is 252 g/mol. The molecule has 0 heterocycles. The Morgan fingerprint density at radius 2 is 1.94 bits per heavy atom. The number of rotatable bonds is 3. The quantitative estimate of drug-likeness (QED) is 0.812. The normalized spacial score (nSPS) is 13.5. The Morgan fingerprint density at radius 3 is 2.41 bits per heavy atom. The van der Waals surface area contributed by atoms with E-state index in [9.17, 15) is 27.5 Å². The molecule has 0 amide bonds. The van der Waals surface area contributed by atoms with Crippen molar-refractivity contribution < 1.29 is 32.6 Å². The zero-order valence-electron chi connectivity index (χ0n) is 8.33. The molecule has 1 aromatic rings. The van der Waals surface area contributed by atoms with Crippen LogP contribution in [0.5, 0.6) is 0 Å². The highest BCUT2D eigenvalue weighted by Gasteiger charge is 2.35. The van der Waals surface area contributed by atoms with Crippen LogP contribution in [0.3, 0.4) is 0 Å². The third kappa shape index (κ3) is 3.42. The molecule has 0 saturated carbocycles. The van der Waals surface area contributed by atoms with Gasteiger partial charge in [-0.1, -0.05) is 6.07 Å². The first-order chi connectivity index (χ1) is 7.71. The Labute approximate surface area is 93.3 Å². The van der Waals surface area contributed by atoms with Crippen LogP contribution in [0.4, 0.5) is 17.6 Å². The first-order valence-corrected chi connectivity index (χ1v) is 4.48. The fourth-order valence-electron chi connectivity index (χ4n) is 1.34. The van der Waals surface area contributed by atoms with Crippen LogP contribution < -0.4 is 0 Å². The minimum Gasteiger partial charge on any atom is -0.481 e. The first kappa shape index (κ1) is 13.4. The summed E-state index contributed by atoms with van der Waals surface area (Å²) in [5, 5.41) is 17.7. The summed E-state index contributed by atoms with van der Waals surface area (Å²) in [6, 6.07) is 1.68. The third-order valence-corrected chi connectivity index (χ3v) is 2.05. The number of carboxylic acids is 1. The van der Waals surface area contributed by atoms with Crippen molar-refractivity contribution in [2.45, 2.75) is 18.7 Å². The van der Waals surface area contributed by atoms with Gasteiger partial charge < -0.3 is 10.2 Å². The van der Waals surface area contributed by atoms with Gasteiger partial charge in [0.05, 0.1) is 18.1 Å². The molecule has 1 aromatic carbocycles. The van der Waals surface area contributed by atoms with Crippen LogP contribution >= 0.6 is 0 Å². The third-order valence-electron chi connectivity index (χ3n) is 2.05. The molecule has 0 saturated heterocycles. The summed E-state index contributed by atoms with van der Waals surface area (Å²) in [6.45, 7) is 0. The van der Waals surface area contributed by atoms with E-state index in [4.69, 9.17) is 5.11 Å². The number of aliphatic hydroxyl groups is 1. The largest absolute Gasteiger partial charge is 0.481 e. The van der Waals surface area contributed by atoms with Crippen LogP contribution in [0, 0.1) is 5.82 Å². The standard InChI is InChI=1S/C10H8F4O3/c11-5-1-2-6(8(15)4-9(16)17)7(3-5)10(12,13)14/h1-3,8,15H,4H2,(H,16,17)/t8-/m0/s1. The van der Waals surface area contributed by atoms with Crippen molar-refractivity contribution in [2.24, 2.45) is 0 Å². The van der Waals surface area contributed by atoms with Crippen molar-refractivity contribution in [1.29, 1.82) is 0 Å². The Bertz CT molecular complexity index is 428. The molecule has 0 aliphatic rings. The molecule has 0 aromatic heterocycles. The topological polar surface area (TPSA) is 57.5 Å². The minimum atomic E-state index is -4.85. The van der Waals surface area contributed by atoms with E-state index < -0.39 is 41.6 Å². The maximum Gasteiger partial charge on any atom is 0.416 e. The smallest absolute Gasteiger partial charge is 0.416 e. The number of benzene rings is 1. The van der Waals surface area contributed by atoms with Crippen LogP contribution in [0.15, 0.2) is 18.2 Å². The van der Waals surface area contributed by atoms with Crippen molar-refractivity contribution in [3.8, 4) is 0 Å². The van der Waals surface area contributed by atoms with E-state index in [0.29, 0.717) is 0 Å². The van der Waals surface area contributed by atoms with Crippen LogP contribution in [-0.2, 0) is 11.0 Å². The summed E-state index contributed by atoms with van der Waals surface area (Å²) in [5.74, 6) is -2.56. The molecular weight excluding hydrogens is 244 g/mol. The Balaban J connectivity index is 3.19. The van der Waals surface area contributed by atoms with Crippen molar-refractivity contribution in [3.05, 3.63) is 35.1 Å². The number of hydrogen-bond acceptors (Lipinski definition) is 2. The molecule has 0 spiro atoms. The number of aliphatic hydroxyl groups excluding tert-OH is 1. The van der Waals surface area contributed by atoms with E-state index in [0.717, 1.165) is 12.1 Å². The van der Waals surface area contributed by atoms with E-state index in [1.54, 1.807) is 0 Å². The summed E-state index contributed by atoms with van der Waals surface area (Å²) in [6.07, 6.45) is -7.56. The molecule has 3 nitrogen and oxygen atoms in total. The van der Waals surface area contributed by atoms with E-state index in [1.807, 2.05) is 0 Å². The molecule has 0 fully saturated rings. The molecule has 0 radical (unpaired) electrons. The SMILES string of the molecule is O=C(O)C[C@H](O)c1ccc(F)cc1C(F)(F)F. The van der Waals surface area contributed by atoms with E-state index in [-0.39, 0.29) is 6.07 Å². The second kappa shape index (κ2) is 4.70. The molecule has 2 N–H and O–H groups in total. The molecule has 0 aliphatic carbocycles. The molecule has 0 bridgehead atoms. The number of hydrogen-bond donors (Lipinski definition) is 2. The lowest BCUT2D eigenvalue weighted by molar-refractivity contribution is -0.143. The van der Waals surface area contributed by atoms with Crippen LogP contribution in [-0.4, -0.2) is 16.2 Å². The maximum absolute atomic E-state index is 12.7. The van der Waals surface area contributed by atoms with Gasteiger partial charge >= 0.3 is 12.1 Å². The number of halogens is 4. The number of alkyl halides is 3. The van der Waals surface area contributed by atoms with Crippen molar-refractivity contribution >= 4 is 5.97 Å². The molecule has 1 rings (SSSR count). The van der Waals surface area contributed by atoms with Gasteiger partial charge in [-0.15, -0.1) is 0 Å².